The minimum Gasteiger partial charge on any atom is -0.352 e. The van der Waals surface area contributed by atoms with Gasteiger partial charge in [0.25, 0.3) is 0 Å². The molecule has 2 amide bonds. The van der Waals surface area contributed by atoms with E-state index in [4.69, 9.17) is 34.8 Å². The van der Waals surface area contributed by atoms with Crippen molar-refractivity contribution < 1.29 is 9.59 Å². The number of nitrogens with zero attached hydrogens (tertiary/aromatic N) is 1. The first-order chi connectivity index (χ1) is 15.2. The Morgan fingerprint density at radius 3 is 2.22 bits per heavy atom. The molecule has 2 atom stereocenters. The summed E-state index contributed by atoms with van der Waals surface area (Å²) in [6, 6.07) is 12.3. The highest BCUT2D eigenvalue weighted by Crippen LogP contribution is 2.25. The van der Waals surface area contributed by atoms with Gasteiger partial charge in [0.15, 0.2) is 0 Å². The lowest BCUT2D eigenvalue weighted by Crippen LogP contribution is -2.51. The minimum absolute atomic E-state index is 0.0491. The number of carbonyl (C=O) groups is 2. The lowest BCUT2D eigenvalue weighted by molar-refractivity contribution is -0.139. The Morgan fingerprint density at radius 1 is 0.969 bits per heavy atom. The van der Waals surface area contributed by atoms with Crippen LogP contribution in [0.1, 0.15) is 44.7 Å². The van der Waals surface area contributed by atoms with E-state index in [0.29, 0.717) is 33.8 Å². The Kier molecular flexibility index (Phi) is 11.2. The summed E-state index contributed by atoms with van der Waals surface area (Å²) in [6.45, 7) is 6.24. The van der Waals surface area contributed by atoms with E-state index in [-0.39, 0.29) is 23.6 Å². The van der Waals surface area contributed by atoms with Crippen molar-refractivity contribution in [2.45, 2.75) is 58.0 Å². The minimum atomic E-state index is -0.544. The van der Waals surface area contributed by atoms with Crippen LogP contribution >= 0.6 is 46.6 Å². The Hall–Kier alpha value is -1.40. The normalized spacial score (nSPS) is 12.8. The first-order valence-corrected chi connectivity index (χ1v) is 12.9. The number of benzene rings is 2. The summed E-state index contributed by atoms with van der Waals surface area (Å²) in [5.74, 6) is 0.656. The number of thioether (sulfide) groups is 1. The molecular weight excluding hydrogens is 487 g/mol. The van der Waals surface area contributed by atoms with Crippen LogP contribution in [0.25, 0.3) is 0 Å². The van der Waals surface area contributed by atoms with Gasteiger partial charge < -0.3 is 10.2 Å². The van der Waals surface area contributed by atoms with E-state index in [9.17, 15) is 9.59 Å². The second-order valence-corrected chi connectivity index (χ2v) is 9.87. The van der Waals surface area contributed by atoms with Crippen molar-refractivity contribution in [3.8, 4) is 0 Å². The fourth-order valence-corrected chi connectivity index (χ4v) is 4.42. The summed E-state index contributed by atoms with van der Waals surface area (Å²) in [5, 5.41) is 4.64. The molecule has 2 aromatic rings. The van der Waals surface area contributed by atoms with Crippen molar-refractivity contribution in [3.05, 3.63) is 68.7 Å². The van der Waals surface area contributed by atoms with Crippen LogP contribution in [0.2, 0.25) is 15.1 Å². The average molecular weight is 516 g/mol. The van der Waals surface area contributed by atoms with Gasteiger partial charge in [0.05, 0.1) is 15.8 Å². The molecule has 0 aromatic heterocycles. The number of hydrogen-bond acceptors (Lipinski definition) is 3. The Balaban J connectivity index is 2.13. The number of rotatable bonds is 11. The molecule has 0 unspecified atom stereocenters. The molecule has 1 N–H and O–H groups in total. The van der Waals surface area contributed by atoms with Crippen LogP contribution in [0.5, 0.6) is 0 Å². The third-order valence-electron chi connectivity index (χ3n) is 5.13. The van der Waals surface area contributed by atoms with Crippen molar-refractivity contribution in [2.75, 3.05) is 5.75 Å². The molecule has 0 radical (unpaired) electrons. The Bertz CT molecular complexity index is 909. The standard InChI is InChI=1S/C24H29Cl3N2O2S/c1-4-16(3)28-24(31)22(5-2)29(13-17-6-9-19(25)10-7-17)23(30)15-32-14-18-8-11-20(26)21(27)12-18/h6-12,16,22H,4-5,13-15H2,1-3H3,(H,28,31)/t16-,22-/m1/s1. The molecule has 0 heterocycles. The molecule has 0 spiro atoms. The number of halogens is 3. The van der Waals surface area contributed by atoms with Gasteiger partial charge in [-0.05, 0) is 55.2 Å². The van der Waals surface area contributed by atoms with Gasteiger partial charge in [-0.1, -0.05) is 66.8 Å². The number of nitrogens with one attached hydrogen (secondary N) is 1. The van der Waals surface area contributed by atoms with E-state index in [2.05, 4.69) is 5.32 Å². The molecule has 32 heavy (non-hydrogen) atoms. The highest BCUT2D eigenvalue weighted by atomic mass is 35.5. The molecule has 2 rings (SSSR count). The second-order valence-electron chi connectivity index (χ2n) is 7.63. The topological polar surface area (TPSA) is 49.4 Å². The van der Waals surface area contributed by atoms with Gasteiger partial charge in [-0.2, -0.15) is 0 Å². The highest BCUT2D eigenvalue weighted by molar-refractivity contribution is 7.99. The van der Waals surface area contributed by atoms with E-state index in [1.807, 2.05) is 39.0 Å². The van der Waals surface area contributed by atoms with E-state index in [0.717, 1.165) is 17.5 Å². The molecular formula is C24H29Cl3N2O2S. The predicted molar refractivity (Wildman–Crippen MR) is 137 cm³/mol. The van der Waals surface area contributed by atoms with Crippen LogP contribution in [-0.2, 0) is 21.9 Å². The van der Waals surface area contributed by atoms with Crippen molar-refractivity contribution >= 4 is 58.4 Å². The lowest BCUT2D eigenvalue weighted by Gasteiger charge is -2.31. The molecule has 4 nitrogen and oxygen atoms in total. The van der Waals surface area contributed by atoms with Gasteiger partial charge in [0.1, 0.15) is 6.04 Å². The van der Waals surface area contributed by atoms with Gasteiger partial charge in [0.2, 0.25) is 11.8 Å². The summed E-state index contributed by atoms with van der Waals surface area (Å²) < 4.78 is 0. The van der Waals surface area contributed by atoms with Gasteiger partial charge in [0, 0.05) is 23.4 Å². The number of hydrogen-bond donors (Lipinski definition) is 1. The molecule has 0 aliphatic heterocycles. The van der Waals surface area contributed by atoms with Gasteiger partial charge in [-0.3, -0.25) is 9.59 Å². The largest absolute Gasteiger partial charge is 0.352 e. The first-order valence-electron chi connectivity index (χ1n) is 10.6. The monoisotopic (exact) mass is 514 g/mol. The van der Waals surface area contributed by atoms with E-state index in [1.165, 1.54) is 11.8 Å². The molecule has 0 fully saturated rings. The van der Waals surface area contributed by atoms with Crippen LogP contribution in [0.15, 0.2) is 42.5 Å². The Morgan fingerprint density at radius 2 is 1.62 bits per heavy atom. The summed E-state index contributed by atoms with van der Waals surface area (Å²) in [6.07, 6.45) is 1.35. The fraction of sp³-hybridized carbons (Fsp3) is 0.417. The molecule has 174 valence electrons. The average Bonchev–Trinajstić information content (AvgIpc) is 2.77. The van der Waals surface area contributed by atoms with Gasteiger partial charge >= 0.3 is 0 Å². The molecule has 0 bridgehead atoms. The van der Waals surface area contributed by atoms with Crippen LogP contribution in [0, 0.1) is 0 Å². The van der Waals surface area contributed by atoms with Gasteiger partial charge in [-0.15, -0.1) is 11.8 Å². The smallest absolute Gasteiger partial charge is 0.243 e. The summed E-state index contributed by atoms with van der Waals surface area (Å²) in [4.78, 5) is 27.8. The van der Waals surface area contributed by atoms with E-state index >= 15 is 0 Å². The molecule has 0 saturated heterocycles. The SMILES string of the molecule is CC[C@@H](C)NC(=O)[C@@H](CC)N(Cc1ccc(Cl)cc1)C(=O)CSCc1ccc(Cl)c(Cl)c1. The zero-order valence-corrected chi connectivity index (χ0v) is 21.6. The number of amides is 2. The molecule has 0 aliphatic carbocycles. The third-order valence-corrected chi connectivity index (χ3v) is 7.11. The number of carbonyl (C=O) groups excluding carboxylic acids is 2. The zero-order chi connectivity index (χ0) is 23.7. The third kappa shape index (κ3) is 8.18. The summed E-state index contributed by atoms with van der Waals surface area (Å²) >= 11 is 19.5. The van der Waals surface area contributed by atoms with Crippen LogP contribution < -0.4 is 5.32 Å². The van der Waals surface area contributed by atoms with E-state index < -0.39 is 6.04 Å². The quantitative estimate of drug-likeness (QED) is 0.367. The van der Waals surface area contributed by atoms with E-state index in [1.54, 1.807) is 29.2 Å². The Labute approximate surface area is 210 Å². The second kappa shape index (κ2) is 13.3. The van der Waals surface area contributed by atoms with Crippen molar-refractivity contribution in [1.29, 1.82) is 0 Å². The first kappa shape index (κ1) is 26.8. The molecule has 0 aliphatic rings. The van der Waals surface area contributed by atoms with Crippen molar-refractivity contribution in [1.82, 2.24) is 10.2 Å². The lowest BCUT2D eigenvalue weighted by atomic mass is 10.1. The molecule has 2 aromatic carbocycles. The van der Waals surface area contributed by atoms with Crippen molar-refractivity contribution in [3.63, 3.8) is 0 Å². The predicted octanol–water partition coefficient (Wildman–Crippen LogP) is 6.60. The summed E-state index contributed by atoms with van der Waals surface area (Å²) in [7, 11) is 0. The van der Waals surface area contributed by atoms with Crippen LogP contribution in [0.4, 0.5) is 0 Å². The highest BCUT2D eigenvalue weighted by Gasteiger charge is 2.29. The van der Waals surface area contributed by atoms with Crippen LogP contribution in [-0.4, -0.2) is 34.6 Å². The maximum absolute atomic E-state index is 13.2. The molecule has 0 saturated carbocycles. The maximum Gasteiger partial charge on any atom is 0.243 e. The van der Waals surface area contributed by atoms with Crippen LogP contribution in [0.3, 0.4) is 0 Å². The maximum atomic E-state index is 13.2. The molecule has 8 heteroatoms. The zero-order valence-electron chi connectivity index (χ0n) is 18.5. The summed E-state index contributed by atoms with van der Waals surface area (Å²) in [5.41, 5.74) is 1.91. The fourth-order valence-electron chi connectivity index (χ4n) is 3.12. The van der Waals surface area contributed by atoms with Crippen molar-refractivity contribution in [2.24, 2.45) is 0 Å². The van der Waals surface area contributed by atoms with Gasteiger partial charge in [-0.25, -0.2) is 0 Å².